The van der Waals surface area contributed by atoms with Crippen LogP contribution in [0.25, 0.3) is 0 Å². The molecular formula is C20H19N3O3S. The fourth-order valence-corrected chi connectivity index (χ4v) is 3.77. The first-order chi connectivity index (χ1) is 12.9. The molecule has 0 fully saturated rings. The standard InChI is InChI=1S/C20H19N3O3S/c1-15-8-7-13-21-19(15)22-20(24)16-9-6-12-18(14-16)27(25,26)23(2)17-10-4-3-5-11-17/h3-14H,1-2H3,(H,21,22,24). The average molecular weight is 381 g/mol. The van der Waals surface area contributed by atoms with Crippen molar-refractivity contribution in [2.45, 2.75) is 11.8 Å². The van der Waals surface area contributed by atoms with Gasteiger partial charge in [0.1, 0.15) is 5.82 Å². The van der Waals surface area contributed by atoms with Crippen molar-refractivity contribution < 1.29 is 13.2 Å². The minimum atomic E-state index is -3.79. The topological polar surface area (TPSA) is 79.4 Å². The molecular weight excluding hydrogens is 362 g/mol. The summed E-state index contributed by atoms with van der Waals surface area (Å²) in [6.07, 6.45) is 1.58. The number of nitrogens with one attached hydrogen (secondary N) is 1. The second kappa shape index (κ2) is 7.59. The lowest BCUT2D eigenvalue weighted by atomic mass is 10.2. The molecule has 1 amide bonds. The van der Waals surface area contributed by atoms with E-state index in [4.69, 9.17) is 0 Å². The van der Waals surface area contributed by atoms with Crippen LogP contribution in [-0.2, 0) is 10.0 Å². The number of benzene rings is 2. The van der Waals surface area contributed by atoms with Gasteiger partial charge in [-0.25, -0.2) is 13.4 Å². The van der Waals surface area contributed by atoms with E-state index in [9.17, 15) is 13.2 Å². The summed E-state index contributed by atoms with van der Waals surface area (Å²) in [4.78, 5) is 16.7. The van der Waals surface area contributed by atoms with Crippen LogP contribution < -0.4 is 9.62 Å². The van der Waals surface area contributed by atoms with E-state index in [2.05, 4.69) is 10.3 Å². The van der Waals surface area contributed by atoms with E-state index in [0.717, 1.165) is 5.56 Å². The number of para-hydroxylation sites is 1. The van der Waals surface area contributed by atoms with E-state index in [-0.39, 0.29) is 10.5 Å². The molecule has 138 valence electrons. The second-order valence-corrected chi connectivity index (χ2v) is 7.93. The Morgan fingerprint density at radius 3 is 2.44 bits per heavy atom. The molecule has 6 nitrogen and oxygen atoms in total. The summed E-state index contributed by atoms with van der Waals surface area (Å²) in [5.74, 6) is 0.0216. The average Bonchev–Trinajstić information content (AvgIpc) is 2.70. The fourth-order valence-electron chi connectivity index (χ4n) is 2.53. The van der Waals surface area contributed by atoms with Crippen LogP contribution in [0.15, 0.2) is 77.8 Å². The van der Waals surface area contributed by atoms with Crippen LogP contribution >= 0.6 is 0 Å². The normalized spacial score (nSPS) is 11.0. The van der Waals surface area contributed by atoms with Gasteiger partial charge in [-0.15, -0.1) is 0 Å². The third kappa shape index (κ3) is 3.98. The molecule has 27 heavy (non-hydrogen) atoms. The molecule has 0 spiro atoms. The molecule has 7 heteroatoms. The zero-order chi connectivity index (χ0) is 19.4. The van der Waals surface area contributed by atoms with Crippen LogP contribution in [0.4, 0.5) is 11.5 Å². The van der Waals surface area contributed by atoms with Crippen molar-refractivity contribution in [1.29, 1.82) is 0 Å². The zero-order valence-corrected chi connectivity index (χ0v) is 15.8. The molecule has 1 heterocycles. The predicted octanol–water partition coefficient (Wildman–Crippen LogP) is 3.47. The van der Waals surface area contributed by atoms with Crippen LogP contribution in [0, 0.1) is 6.92 Å². The molecule has 0 bridgehead atoms. The van der Waals surface area contributed by atoms with Gasteiger partial charge in [-0.3, -0.25) is 9.10 Å². The minimum absolute atomic E-state index is 0.0410. The van der Waals surface area contributed by atoms with Gasteiger partial charge in [0.25, 0.3) is 15.9 Å². The number of anilines is 2. The molecule has 2 aromatic carbocycles. The Labute approximate surface area is 158 Å². The number of amides is 1. The van der Waals surface area contributed by atoms with Crippen molar-refractivity contribution in [3.63, 3.8) is 0 Å². The minimum Gasteiger partial charge on any atom is -0.306 e. The number of hydrogen-bond donors (Lipinski definition) is 1. The number of aromatic nitrogens is 1. The summed E-state index contributed by atoms with van der Waals surface area (Å²) < 4.78 is 27.0. The molecule has 0 saturated carbocycles. The summed E-state index contributed by atoms with van der Waals surface area (Å²) >= 11 is 0. The summed E-state index contributed by atoms with van der Waals surface area (Å²) in [7, 11) is -2.31. The van der Waals surface area contributed by atoms with Gasteiger partial charge in [0.05, 0.1) is 10.6 Å². The Morgan fingerprint density at radius 1 is 1.00 bits per heavy atom. The molecule has 3 aromatic rings. The van der Waals surface area contributed by atoms with Crippen molar-refractivity contribution in [3.05, 3.63) is 84.1 Å². The van der Waals surface area contributed by atoms with Crippen LogP contribution in [-0.4, -0.2) is 26.4 Å². The predicted molar refractivity (Wildman–Crippen MR) is 105 cm³/mol. The molecule has 0 aliphatic rings. The monoisotopic (exact) mass is 381 g/mol. The lowest BCUT2D eigenvalue weighted by molar-refractivity contribution is 0.102. The molecule has 0 saturated heterocycles. The van der Waals surface area contributed by atoms with Gasteiger partial charge >= 0.3 is 0 Å². The summed E-state index contributed by atoms with van der Waals surface area (Å²) in [5, 5.41) is 2.71. The lowest BCUT2D eigenvalue weighted by Gasteiger charge is -2.19. The van der Waals surface area contributed by atoms with Gasteiger partial charge in [0.15, 0.2) is 0 Å². The number of hydrogen-bond acceptors (Lipinski definition) is 4. The van der Waals surface area contributed by atoms with E-state index in [1.807, 2.05) is 19.1 Å². The van der Waals surface area contributed by atoms with Crippen LogP contribution in [0.2, 0.25) is 0 Å². The lowest BCUT2D eigenvalue weighted by Crippen LogP contribution is -2.26. The van der Waals surface area contributed by atoms with E-state index >= 15 is 0 Å². The highest BCUT2D eigenvalue weighted by Crippen LogP contribution is 2.22. The highest BCUT2D eigenvalue weighted by molar-refractivity contribution is 7.92. The molecule has 3 rings (SSSR count). The van der Waals surface area contributed by atoms with Gasteiger partial charge in [-0.05, 0) is 48.9 Å². The van der Waals surface area contributed by atoms with Crippen molar-refractivity contribution >= 4 is 27.4 Å². The maximum atomic E-state index is 12.9. The number of rotatable bonds is 5. The summed E-state index contributed by atoms with van der Waals surface area (Å²) in [5.41, 5.74) is 1.59. The highest BCUT2D eigenvalue weighted by atomic mass is 32.2. The van der Waals surface area contributed by atoms with E-state index in [1.54, 1.807) is 48.7 Å². The van der Waals surface area contributed by atoms with Crippen molar-refractivity contribution in [1.82, 2.24) is 4.98 Å². The Morgan fingerprint density at radius 2 is 1.74 bits per heavy atom. The fraction of sp³-hybridized carbons (Fsp3) is 0.100. The zero-order valence-electron chi connectivity index (χ0n) is 15.0. The number of nitrogens with zero attached hydrogens (tertiary/aromatic N) is 2. The number of sulfonamides is 1. The largest absolute Gasteiger partial charge is 0.306 e. The number of pyridine rings is 1. The first-order valence-corrected chi connectivity index (χ1v) is 9.70. The Hall–Kier alpha value is -3.19. The highest BCUT2D eigenvalue weighted by Gasteiger charge is 2.22. The molecule has 0 aliphatic heterocycles. The molecule has 0 atom stereocenters. The molecule has 0 aliphatic carbocycles. The van der Waals surface area contributed by atoms with Crippen molar-refractivity contribution in [2.24, 2.45) is 0 Å². The maximum Gasteiger partial charge on any atom is 0.264 e. The molecule has 1 N–H and O–H groups in total. The maximum absolute atomic E-state index is 12.9. The molecule has 0 unspecified atom stereocenters. The van der Waals surface area contributed by atoms with Crippen LogP contribution in [0.1, 0.15) is 15.9 Å². The first kappa shape index (κ1) is 18.6. The third-order valence-corrected chi connectivity index (χ3v) is 5.90. The van der Waals surface area contributed by atoms with Crippen LogP contribution in [0.5, 0.6) is 0 Å². The Balaban J connectivity index is 1.89. The Kier molecular flexibility index (Phi) is 5.23. The van der Waals surface area contributed by atoms with E-state index in [1.165, 1.54) is 23.5 Å². The quantitative estimate of drug-likeness (QED) is 0.734. The number of carbonyl (C=O) groups is 1. The van der Waals surface area contributed by atoms with E-state index < -0.39 is 15.9 Å². The van der Waals surface area contributed by atoms with Gasteiger partial charge in [0, 0.05) is 18.8 Å². The Bertz CT molecular complexity index is 1070. The second-order valence-electron chi connectivity index (χ2n) is 5.96. The van der Waals surface area contributed by atoms with Gasteiger partial charge < -0.3 is 5.32 Å². The smallest absolute Gasteiger partial charge is 0.264 e. The number of aryl methyl sites for hydroxylation is 1. The van der Waals surface area contributed by atoms with E-state index in [0.29, 0.717) is 11.5 Å². The summed E-state index contributed by atoms with van der Waals surface area (Å²) in [6, 6.07) is 18.3. The first-order valence-electron chi connectivity index (χ1n) is 8.26. The SMILES string of the molecule is Cc1cccnc1NC(=O)c1cccc(S(=O)(=O)N(C)c2ccccc2)c1. The summed E-state index contributed by atoms with van der Waals surface area (Å²) in [6.45, 7) is 1.83. The third-order valence-electron chi connectivity index (χ3n) is 4.12. The number of carbonyl (C=O) groups excluding carboxylic acids is 1. The van der Waals surface area contributed by atoms with Gasteiger partial charge in [0.2, 0.25) is 0 Å². The van der Waals surface area contributed by atoms with Crippen LogP contribution in [0.3, 0.4) is 0 Å². The van der Waals surface area contributed by atoms with Gasteiger partial charge in [-0.1, -0.05) is 30.3 Å². The van der Waals surface area contributed by atoms with Crippen molar-refractivity contribution in [2.75, 3.05) is 16.7 Å². The molecule has 1 aromatic heterocycles. The van der Waals surface area contributed by atoms with Crippen molar-refractivity contribution in [3.8, 4) is 0 Å². The molecule has 0 radical (unpaired) electrons. The van der Waals surface area contributed by atoms with Gasteiger partial charge in [-0.2, -0.15) is 0 Å².